The maximum atomic E-state index is 10.6. The van der Waals surface area contributed by atoms with Crippen LogP contribution in [0.4, 0.5) is 11.6 Å². The maximum absolute atomic E-state index is 10.6. The molecule has 17 heavy (non-hydrogen) atoms. The van der Waals surface area contributed by atoms with Crippen LogP contribution in [0, 0.1) is 0 Å². The molecule has 0 fully saturated rings. The van der Waals surface area contributed by atoms with Crippen LogP contribution in [-0.4, -0.2) is 21.0 Å². The Bertz CT molecular complexity index is 488. The summed E-state index contributed by atoms with van der Waals surface area (Å²) in [5.41, 5.74) is 0.996. The molecule has 0 saturated carbocycles. The zero-order chi connectivity index (χ0) is 11.4. The van der Waals surface area contributed by atoms with Gasteiger partial charge in [0.2, 0.25) is 5.95 Å². The van der Waals surface area contributed by atoms with Gasteiger partial charge in [0.15, 0.2) is 0 Å². The lowest BCUT2D eigenvalue weighted by Gasteiger charge is -2.03. The van der Waals surface area contributed by atoms with E-state index in [-0.39, 0.29) is 18.0 Å². The first kappa shape index (κ1) is 12.9. The molecule has 1 aromatic carbocycles. The Kier molecular flexibility index (Phi) is 4.42. The molecule has 1 aromatic heterocycles. The first-order chi connectivity index (χ1) is 7.75. The van der Waals surface area contributed by atoms with Crippen LogP contribution >= 0.6 is 12.4 Å². The van der Waals surface area contributed by atoms with Gasteiger partial charge in [-0.15, -0.1) is 12.4 Å². The Hall–Kier alpha value is -2.14. The van der Waals surface area contributed by atoms with E-state index in [1.807, 2.05) is 0 Å². The largest absolute Gasteiger partial charge is 0.478 e. The number of hydrogen-bond acceptors (Lipinski definition) is 4. The highest BCUT2D eigenvalue weighted by Gasteiger charge is 2.01. The lowest BCUT2D eigenvalue weighted by atomic mass is 10.2. The van der Waals surface area contributed by atoms with Gasteiger partial charge in [-0.05, 0) is 30.3 Å². The molecule has 5 nitrogen and oxygen atoms in total. The fraction of sp³-hybridized carbons (Fsp3) is 0. The minimum Gasteiger partial charge on any atom is -0.478 e. The Labute approximate surface area is 104 Å². The third-order valence-corrected chi connectivity index (χ3v) is 1.95. The molecule has 0 spiro atoms. The minimum atomic E-state index is -0.942. The number of carboxylic acid groups (broad SMARTS) is 1. The predicted molar refractivity (Wildman–Crippen MR) is 66.0 cm³/mol. The molecule has 0 radical (unpaired) electrons. The van der Waals surface area contributed by atoms with Crippen molar-refractivity contribution in [2.24, 2.45) is 0 Å². The van der Waals surface area contributed by atoms with Crippen molar-refractivity contribution in [2.45, 2.75) is 0 Å². The molecule has 0 unspecified atom stereocenters. The number of nitrogens with one attached hydrogen (secondary N) is 1. The quantitative estimate of drug-likeness (QED) is 0.876. The number of hydrogen-bond donors (Lipinski definition) is 2. The van der Waals surface area contributed by atoms with Crippen LogP contribution in [0.3, 0.4) is 0 Å². The third-order valence-electron chi connectivity index (χ3n) is 1.95. The van der Waals surface area contributed by atoms with E-state index in [4.69, 9.17) is 5.11 Å². The highest BCUT2D eigenvalue weighted by molar-refractivity contribution is 5.88. The molecule has 0 amide bonds. The fourth-order valence-electron chi connectivity index (χ4n) is 1.19. The average molecular weight is 252 g/mol. The maximum Gasteiger partial charge on any atom is 0.335 e. The average Bonchev–Trinajstić information content (AvgIpc) is 2.31. The highest BCUT2D eigenvalue weighted by Crippen LogP contribution is 2.13. The molecule has 0 aliphatic carbocycles. The lowest BCUT2D eigenvalue weighted by molar-refractivity contribution is 0.0697. The van der Waals surface area contributed by atoms with Gasteiger partial charge in [0, 0.05) is 18.1 Å². The second kappa shape index (κ2) is 5.81. The summed E-state index contributed by atoms with van der Waals surface area (Å²) in [6.45, 7) is 0. The Morgan fingerprint density at radius 3 is 2.24 bits per heavy atom. The molecule has 0 aliphatic heterocycles. The van der Waals surface area contributed by atoms with Crippen molar-refractivity contribution in [1.82, 2.24) is 9.97 Å². The second-order valence-corrected chi connectivity index (χ2v) is 3.08. The van der Waals surface area contributed by atoms with Crippen molar-refractivity contribution in [1.29, 1.82) is 0 Å². The summed E-state index contributed by atoms with van der Waals surface area (Å²) in [6, 6.07) is 8.10. The molecule has 0 bridgehead atoms. The molecule has 2 N–H and O–H groups in total. The van der Waals surface area contributed by atoms with Gasteiger partial charge in [-0.2, -0.15) is 0 Å². The Balaban J connectivity index is 0.00000144. The van der Waals surface area contributed by atoms with E-state index in [2.05, 4.69) is 15.3 Å². The van der Waals surface area contributed by atoms with E-state index in [1.165, 1.54) is 12.1 Å². The van der Waals surface area contributed by atoms with E-state index < -0.39 is 5.97 Å². The fourth-order valence-corrected chi connectivity index (χ4v) is 1.19. The van der Waals surface area contributed by atoms with Gasteiger partial charge in [-0.25, -0.2) is 14.8 Å². The van der Waals surface area contributed by atoms with Crippen molar-refractivity contribution < 1.29 is 9.90 Å². The smallest absolute Gasteiger partial charge is 0.335 e. The van der Waals surface area contributed by atoms with Crippen LogP contribution in [0.2, 0.25) is 0 Å². The zero-order valence-corrected chi connectivity index (χ0v) is 9.52. The van der Waals surface area contributed by atoms with E-state index >= 15 is 0 Å². The molecule has 0 atom stereocenters. The third kappa shape index (κ3) is 3.42. The minimum absolute atomic E-state index is 0. The van der Waals surface area contributed by atoms with E-state index in [0.717, 1.165) is 5.69 Å². The van der Waals surface area contributed by atoms with Crippen molar-refractivity contribution >= 4 is 30.0 Å². The molecule has 0 saturated heterocycles. The first-order valence-corrected chi connectivity index (χ1v) is 4.63. The van der Waals surface area contributed by atoms with Gasteiger partial charge in [0.25, 0.3) is 0 Å². The number of aromatic nitrogens is 2. The molecular weight excluding hydrogens is 242 g/mol. The van der Waals surface area contributed by atoms with Crippen LogP contribution < -0.4 is 5.32 Å². The van der Waals surface area contributed by atoms with Crippen molar-refractivity contribution in [3.05, 3.63) is 48.3 Å². The number of benzene rings is 1. The summed E-state index contributed by atoms with van der Waals surface area (Å²) in [5.74, 6) is -0.465. The number of rotatable bonds is 3. The predicted octanol–water partition coefficient (Wildman–Crippen LogP) is 2.34. The molecule has 2 aromatic rings. The topological polar surface area (TPSA) is 75.1 Å². The van der Waals surface area contributed by atoms with E-state index in [1.54, 1.807) is 30.6 Å². The standard InChI is InChI=1S/C11H9N3O2.ClH/c15-10(16)8-2-4-9(5-3-8)14-11-12-6-1-7-13-11;/h1-7H,(H,15,16)(H,12,13,14);1H. The van der Waals surface area contributed by atoms with Crippen LogP contribution in [0.1, 0.15) is 10.4 Å². The van der Waals surface area contributed by atoms with E-state index in [0.29, 0.717) is 5.95 Å². The second-order valence-electron chi connectivity index (χ2n) is 3.08. The molecule has 1 heterocycles. The van der Waals surface area contributed by atoms with Crippen molar-refractivity contribution in [2.75, 3.05) is 5.32 Å². The molecule has 0 aliphatic rings. The van der Waals surface area contributed by atoms with Crippen LogP contribution in [-0.2, 0) is 0 Å². The van der Waals surface area contributed by atoms with Gasteiger partial charge in [0.1, 0.15) is 0 Å². The van der Waals surface area contributed by atoms with Gasteiger partial charge in [-0.3, -0.25) is 0 Å². The van der Waals surface area contributed by atoms with Crippen LogP contribution in [0.5, 0.6) is 0 Å². The normalized spacial score (nSPS) is 9.18. The Morgan fingerprint density at radius 1 is 1.12 bits per heavy atom. The number of nitrogens with zero attached hydrogens (tertiary/aromatic N) is 2. The SMILES string of the molecule is Cl.O=C(O)c1ccc(Nc2ncccn2)cc1. The number of halogens is 1. The molecule has 88 valence electrons. The number of carboxylic acids is 1. The van der Waals surface area contributed by atoms with Gasteiger partial charge < -0.3 is 10.4 Å². The highest BCUT2D eigenvalue weighted by atomic mass is 35.5. The van der Waals surface area contributed by atoms with Gasteiger partial charge in [-0.1, -0.05) is 0 Å². The summed E-state index contributed by atoms with van der Waals surface area (Å²) in [5, 5.41) is 11.7. The summed E-state index contributed by atoms with van der Waals surface area (Å²) in [6.07, 6.45) is 3.25. The van der Waals surface area contributed by atoms with Gasteiger partial charge >= 0.3 is 5.97 Å². The van der Waals surface area contributed by atoms with Crippen LogP contribution in [0.25, 0.3) is 0 Å². The van der Waals surface area contributed by atoms with Gasteiger partial charge in [0.05, 0.1) is 5.56 Å². The lowest BCUT2D eigenvalue weighted by Crippen LogP contribution is -1.98. The number of carbonyl (C=O) groups is 1. The monoisotopic (exact) mass is 251 g/mol. The summed E-state index contributed by atoms with van der Waals surface area (Å²) < 4.78 is 0. The zero-order valence-electron chi connectivity index (χ0n) is 8.70. The first-order valence-electron chi connectivity index (χ1n) is 4.63. The van der Waals surface area contributed by atoms with Crippen molar-refractivity contribution in [3.8, 4) is 0 Å². The molecule has 2 rings (SSSR count). The van der Waals surface area contributed by atoms with Crippen LogP contribution in [0.15, 0.2) is 42.7 Å². The summed E-state index contributed by atoms with van der Waals surface area (Å²) in [7, 11) is 0. The number of aromatic carboxylic acids is 1. The Morgan fingerprint density at radius 2 is 1.71 bits per heavy atom. The molecule has 6 heteroatoms. The van der Waals surface area contributed by atoms with Crippen molar-refractivity contribution in [3.63, 3.8) is 0 Å². The summed E-state index contributed by atoms with van der Waals surface area (Å²) in [4.78, 5) is 18.6. The molecular formula is C11H10ClN3O2. The van der Waals surface area contributed by atoms with E-state index in [9.17, 15) is 4.79 Å². The summed E-state index contributed by atoms with van der Waals surface area (Å²) >= 11 is 0. The number of anilines is 2.